The lowest BCUT2D eigenvalue weighted by molar-refractivity contribution is -0.124. The van der Waals surface area contributed by atoms with Gasteiger partial charge >= 0.3 is 0 Å². The molecule has 0 radical (unpaired) electrons. The molecular formula is C19H26N6O2. The Hall–Kier alpha value is -2.58. The largest absolute Gasteiger partial charge is 0.296 e. The Morgan fingerprint density at radius 3 is 2.85 bits per heavy atom. The molecule has 1 aliphatic rings. The van der Waals surface area contributed by atoms with E-state index in [1.54, 1.807) is 11.6 Å². The molecule has 1 aromatic carbocycles. The molecule has 1 unspecified atom stereocenters. The maximum atomic E-state index is 11.1. The van der Waals surface area contributed by atoms with Crippen molar-refractivity contribution in [3.8, 4) is 0 Å². The highest BCUT2D eigenvalue weighted by Crippen LogP contribution is 2.32. The van der Waals surface area contributed by atoms with Gasteiger partial charge in [0.05, 0.1) is 6.04 Å². The number of nitrogens with one attached hydrogen (secondary N) is 1. The Kier molecular flexibility index (Phi) is 6.31. The minimum absolute atomic E-state index is 0.262. The third-order valence-electron chi connectivity index (χ3n) is 4.89. The van der Waals surface area contributed by atoms with Crippen molar-refractivity contribution in [3.05, 3.63) is 47.3 Å². The quantitative estimate of drug-likeness (QED) is 0.440. The van der Waals surface area contributed by atoms with Crippen LogP contribution in [0.15, 0.2) is 30.3 Å². The third-order valence-corrected chi connectivity index (χ3v) is 4.89. The fraction of sp³-hybridized carbons (Fsp3) is 0.474. The highest BCUT2D eigenvalue weighted by molar-refractivity contribution is 5.90. The Bertz CT molecular complexity index is 784. The minimum atomic E-state index is -0.537. The van der Waals surface area contributed by atoms with E-state index in [1.165, 1.54) is 18.1 Å². The number of rotatable bonds is 7. The minimum Gasteiger partial charge on any atom is -0.296 e. The molecule has 1 aromatic heterocycles. The molecule has 1 saturated heterocycles. The third kappa shape index (κ3) is 4.78. The Balaban J connectivity index is 1.63. The zero-order valence-corrected chi connectivity index (χ0v) is 15.7. The number of hydrogen-bond donors (Lipinski definition) is 2. The molecule has 2 aromatic rings. The summed E-state index contributed by atoms with van der Waals surface area (Å²) in [5, 5.41) is 20.6. The van der Waals surface area contributed by atoms with Gasteiger partial charge < -0.3 is 0 Å². The second kappa shape index (κ2) is 8.88. The van der Waals surface area contributed by atoms with E-state index in [0.29, 0.717) is 6.04 Å². The van der Waals surface area contributed by atoms with Crippen LogP contribution in [-0.2, 0) is 11.2 Å². The van der Waals surface area contributed by atoms with Crippen LogP contribution in [0, 0.1) is 0 Å². The van der Waals surface area contributed by atoms with E-state index in [4.69, 9.17) is 5.21 Å². The van der Waals surface area contributed by atoms with E-state index in [0.717, 1.165) is 37.3 Å². The van der Waals surface area contributed by atoms with E-state index in [9.17, 15) is 4.79 Å². The summed E-state index contributed by atoms with van der Waals surface area (Å²) in [6.07, 6.45) is 6.12. The lowest BCUT2D eigenvalue weighted by atomic mass is 10.0. The highest BCUT2D eigenvalue weighted by atomic mass is 16.5. The van der Waals surface area contributed by atoms with Gasteiger partial charge in [-0.05, 0) is 60.9 Å². The zero-order valence-electron chi connectivity index (χ0n) is 15.7. The van der Waals surface area contributed by atoms with Crippen molar-refractivity contribution in [2.75, 3.05) is 13.1 Å². The van der Waals surface area contributed by atoms with E-state index >= 15 is 0 Å². The number of amides is 1. The molecule has 0 bridgehead atoms. The molecule has 1 aliphatic heterocycles. The number of aromatic nitrogens is 4. The molecule has 0 aliphatic carbocycles. The van der Waals surface area contributed by atoms with Crippen LogP contribution in [0.4, 0.5) is 0 Å². The number of carbonyl (C=O) groups excluding carboxylic acids is 1. The van der Waals surface area contributed by atoms with Crippen LogP contribution in [-0.4, -0.2) is 49.3 Å². The standard InChI is InChI=1S/C19H26N6O2/c1-14(2)25-18(20-22-23-25)11-13-24-12-3-4-17(24)16-8-5-15(6-9-16)7-10-19(26)21-27/h5-10,14,17,27H,3-4,11-13H2,1-2H3,(H,21,26). The van der Waals surface area contributed by atoms with Gasteiger partial charge in [-0.15, -0.1) is 5.10 Å². The van der Waals surface area contributed by atoms with E-state index in [1.807, 2.05) is 16.8 Å². The highest BCUT2D eigenvalue weighted by Gasteiger charge is 2.26. The summed E-state index contributed by atoms with van der Waals surface area (Å²) in [6, 6.07) is 8.86. The summed E-state index contributed by atoms with van der Waals surface area (Å²) in [4.78, 5) is 13.6. The molecule has 0 saturated carbocycles. The van der Waals surface area contributed by atoms with Gasteiger partial charge in [0.2, 0.25) is 0 Å². The average Bonchev–Trinajstić information content (AvgIpc) is 3.33. The van der Waals surface area contributed by atoms with Crippen molar-refractivity contribution in [1.29, 1.82) is 0 Å². The second-order valence-corrected chi connectivity index (χ2v) is 7.05. The number of carbonyl (C=O) groups is 1. The first-order valence-corrected chi connectivity index (χ1v) is 9.31. The molecule has 2 heterocycles. The molecule has 0 spiro atoms. The summed E-state index contributed by atoms with van der Waals surface area (Å²) in [5.74, 6) is 0.392. The zero-order chi connectivity index (χ0) is 19.2. The topological polar surface area (TPSA) is 96.2 Å². The van der Waals surface area contributed by atoms with Crippen LogP contribution in [0.1, 0.15) is 55.7 Å². The van der Waals surface area contributed by atoms with E-state index in [-0.39, 0.29) is 6.04 Å². The maximum Gasteiger partial charge on any atom is 0.267 e. The van der Waals surface area contributed by atoms with Crippen molar-refractivity contribution in [2.24, 2.45) is 0 Å². The maximum absolute atomic E-state index is 11.1. The summed E-state index contributed by atoms with van der Waals surface area (Å²) >= 11 is 0. The lowest BCUT2D eigenvalue weighted by Crippen LogP contribution is -2.26. The number of benzene rings is 1. The summed E-state index contributed by atoms with van der Waals surface area (Å²) in [7, 11) is 0. The molecule has 27 heavy (non-hydrogen) atoms. The summed E-state index contributed by atoms with van der Waals surface area (Å²) < 4.78 is 1.88. The van der Waals surface area contributed by atoms with Gasteiger partial charge in [0.15, 0.2) is 5.82 Å². The van der Waals surface area contributed by atoms with Crippen LogP contribution in [0.3, 0.4) is 0 Å². The Morgan fingerprint density at radius 2 is 2.15 bits per heavy atom. The van der Waals surface area contributed by atoms with Gasteiger partial charge in [0.25, 0.3) is 5.91 Å². The molecule has 1 atom stereocenters. The number of likely N-dealkylation sites (tertiary alicyclic amines) is 1. The van der Waals surface area contributed by atoms with Crippen LogP contribution in [0.5, 0.6) is 0 Å². The number of nitrogens with zero attached hydrogens (tertiary/aromatic N) is 5. The predicted molar refractivity (Wildman–Crippen MR) is 101 cm³/mol. The monoisotopic (exact) mass is 370 g/mol. The van der Waals surface area contributed by atoms with Crippen LogP contribution < -0.4 is 5.48 Å². The van der Waals surface area contributed by atoms with Gasteiger partial charge in [-0.2, -0.15) is 0 Å². The van der Waals surface area contributed by atoms with Crippen molar-refractivity contribution in [1.82, 2.24) is 30.6 Å². The fourth-order valence-corrected chi connectivity index (χ4v) is 3.53. The van der Waals surface area contributed by atoms with E-state index < -0.39 is 5.91 Å². The number of hydroxylamine groups is 1. The molecule has 8 nitrogen and oxygen atoms in total. The number of tetrazole rings is 1. The first-order valence-electron chi connectivity index (χ1n) is 9.31. The van der Waals surface area contributed by atoms with Gasteiger partial charge in [-0.3, -0.25) is 14.9 Å². The molecule has 144 valence electrons. The lowest BCUT2D eigenvalue weighted by Gasteiger charge is -2.24. The van der Waals surface area contributed by atoms with Gasteiger partial charge in [0, 0.05) is 25.1 Å². The van der Waals surface area contributed by atoms with Gasteiger partial charge in [-0.25, -0.2) is 10.2 Å². The molecule has 3 rings (SSSR count). The normalized spacial score (nSPS) is 17.9. The Morgan fingerprint density at radius 1 is 1.37 bits per heavy atom. The molecule has 8 heteroatoms. The van der Waals surface area contributed by atoms with Crippen LogP contribution >= 0.6 is 0 Å². The second-order valence-electron chi connectivity index (χ2n) is 7.05. The SMILES string of the molecule is CC(C)n1nnnc1CCN1CCCC1c1ccc(C=CC(=O)NO)cc1. The fourth-order valence-electron chi connectivity index (χ4n) is 3.53. The summed E-state index contributed by atoms with van der Waals surface area (Å²) in [5.41, 5.74) is 3.78. The van der Waals surface area contributed by atoms with Crippen molar-refractivity contribution in [2.45, 2.75) is 45.2 Å². The predicted octanol–water partition coefficient (Wildman–Crippen LogP) is 2.15. The van der Waals surface area contributed by atoms with Crippen molar-refractivity contribution < 1.29 is 10.0 Å². The van der Waals surface area contributed by atoms with E-state index in [2.05, 4.69) is 46.4 Å². The van der Waals surface area contributed by atoms with Crippen molar-refractivity contribution >= 4 is 12.0 Å². The van der Waals surface area contributed by atoms with Crippen molar-refractivity contribution in [3.63, 3.8) is 0 Å². The van der Waals surface area contributed by atoms with Crippen LogP contribution in [0.2, 0.25) is 0 Å². The number of hydrogen-bond acceptors (Lipinski definition) is 6. The Labute approximate surface area is 158 Å². The van der Waals surface area contributed by atoms with Gasteiger partial charge in [-0.1, -0.05) is 24.3 Å². The first-order chi connectivity index (χ1) is 13.1. The molecule has 1 fully saturated rings. The van der Waals surface area contributed by atoms with Crippen LogP contribution in [0.25, 0.3) is 6.08 Å². The molecular weight excluding hydrogens is 344 g/mol. The smallest absolute Gasteiger partial charge is 0.267 e. The molecule has 1 amide bonds. The summed E-state index contributed by atoms with van der Waals surface area (Å²) in [6.45, 7) is 6.17. The molecule has 2 N–H and O–H groups in total. The first kappa shape index (κ1) is 19.2. The average molecular weight is 370 g/mol. The van der Waals surface area contributed by atoms with Gasteiger partial charge in [0.1, 0.15) is 0 Å².